The highest BCUT2D eigenvalue weighted by molar-refractivity contribution is 7.98. The molecule has 7 heteroatoms. The minimum atomic E-state index is -0.132. The number of nitrogens with zero attached hydrogens (tertiary/aromatic N) is 3. The predicted octanol–water partition coefficient (Wildman–Crippen LogP) is 6.83. The molecule has 0 fully saturated rings. The fourth-order valence-electron chi connectivity index (χ4n) is 3.71. The number of aliphatic imine (C=N–C) groups is 1. The zero-order valence-corrected chi connectivity index (χ0v) is 20.8. The van der Waals surface area contributed by atoms with Crippen molar-refractivity contribution in [1.82, 2.24) is 14.8 Å². The molecule has 0 saturated carbocycles. The standard InChI is InChI=1S/C27H24N4OS2/c1-17-8-12-20(13-9-17)28-19(3)25-23(16-33-21-14-10-18(2)11-15-21)30-31(26(25)32)27-29-22-6-4-5-7-24(22)34-27/h4-15,30H,16H2,1-3H3. The minimum absolute atomic E-state index is 0.132. The predicted molar refractivity (Wildman–Crippen MR) is 143 cm³/mol. The van der Waals surface area contributed by atoms with Crippen LogP contribution in [0.2, 0.25) is 0 Å². The number of thiazole rings is 1. The first-order valence-electron chi connectivity index (χ1n) is 11.0. The van der Waals surface area contributed by atoms with Crippen molar-refractivity contribution in [2.75, 3.05) is 0 Å². The summed E-state index contributed by atoms with van der Waals surface area (Å²) in [7, 11) is 0. The van der Waals surface area contributed by atoms with Crippen LogP contribution in [0.1, 0.15) is 29.3 Å². The Balaban J connectivity index is 1.57. The van der Waals surface area contributed by atoms with Crippen LogP contribution in [0.5, 0.6) is 0 Å². The highest BCUT2D eigenvalue weighted by Gasteiger charge is 2.20. The molecule has 2 heterocycles. The Kier molecular flexibility index (Phi) is 6.22. The van der Waals surface area contributed by atoms with Crippen molar-refractivity contribution in [3.8, 4) is 5.13 Å². The average molecular weight is 485 g/mol. The van der Waals surface area contributed by atoms with E-state index in [9.17, 15) is 4.79 Å². The Labute approximate surface area is 206 Å². The van der Waals surface area contributed by atoms with Crippen LogP contribution in [-0.4, -0.2) is 20.5 Å². The molecule has 170 valence electrons. The van der Waals surface area contributed by atoms with E-state index in [0.29, 0.717) is 22.2 Å². The second-order valence-corrected chi connectivity index (χ2v) is 10.3. The Morgan fingerprint density at radius 3 is 2.38 bits per heavy atom. The van der Waals surface area contributed by atoms with Gasteiger partial charge in [-0.1, -0.05) is 58.9 Å². The number of para-hydroxylation sites is 1. The van der Waals surface area contributed by atoms with Gasteiger partial charge in [-0.25, -0.2) is 4.98 Å². The van der Waals surface area contributed by atoms with Crippen molar-refractivity contribution in [3.63, 3.8) is 0 Å². The number of H-pyrrole nitrogens is 1. The van der Waals surface area contributed by atoms with Crippen LogP contribution in [0, 0.1) is 13.8 Å². The first-order chi connectivity index (χ1) is 16.5. The number of aromatic nitrogens is 3. The summed E-state index contributed by atoms with van der Waals surface area (Å²) in [4.78, 5) is 24.2. The summed E-state index contributed by atoms with van der Waals surface area (Å²) >= 11 is 3.18. The largest absolute Gasteiger partial charge is 0.291 e. The van der Waals surface area contributed by atoms with Crippen molar-refractivity contribution in [2.24, 2.45) is 4.99 Å². The topological polar surface area (TPSA) is 63.0 Å². The molecule has 0 aliphatic carbocycles. The molecule has 5 nitrogen and oxygen atoms in total. The van der Waals surface area contributed by atoms with E-state index in [0.717, 1.165) is 26.5 Å². The van der Waals surface area contributed by atoms with E-state index >= 15 is 0 Å². The monoisotopic (exact) mass is 484 g/mol. The second kappa shape index (κ2) is 9.44. The third-order valence-electron chi connectivity index (χ3n) is 5.54. The Morgan fingerprint density at radius 1 is 1.00 bits per heavy atom. The lowest BCUT2D eigenvalue weighted by atomic mass is 10.1. The highest BCUT2D eigenvalue weighted by Crippen LogP contribution is 2.27. The fraction of sp³-hybridized carbons (Fsp3) is 0.148. The number of aryl methyl sites for hydroxylation is 2. The summed E-state index contributed by atoms with van der Waals surface area (Å²) < 4.78 is 2.60. The van der Waals surface area contributed by atoms with Gasteiger partial charge in [-0.2, -0.15) is 4.68 Å². The van der Waals surface area contributed by atoms with E-state index < -0.39 is 0 Å². The van der Waals surface area contributed by atoms with Crippen LogP contribution in [0.3, 0.4) is 0 Å². The Hall–Kier alpha value is -3.42. The zero-order valence-electron chi connectivity index (χ0n) is 19.2. The molecule has 0 aliphatic heterocycles. The van der Waals surface area contributed by atoms with Crippen molar-refractivity contribution in [3.05, 3.63) is 106 Å². The van der Waals surface area contributed by atoms with Gasteiger partial charge in [0.25, 0.3) is 5.56 Å². The highest BCUT2D eigenvalue weighted by atomic mass is 32.2. The van der Waals surface area contributed by atoms with Gasteiger partial charge in [0.1, 0.15) is 0 Å². The van der Waals surface area contributed by atoms with E-state index in [1.807, 2.05) is 62.4 Å². The maximum absolute atomic E-state index is 13.6. The van der Waals surface area contributed by atoms with Gasteiger partial charge in [0.2, 0.25) is 5.13 Å². The van der Waals surface area contributed by atoms with Crippen LogP contribution in [0.15, 0.2) is 87.5 Å². The molecule has 0 radical (unpaired) electrons. The maximum atomic E-state index is 13.6. The van der Waals surface area contributed by atoms with Crippen LogP contribution in [-0.2, 0) is 5.75 Å². The molecule has 0 atom stereocenters. The van der Waals surface area contributed by atoms with Crippen LogP contribution in [0.25, 0.3) is 15.3 Å². The van der Waals surface area contributed by atoms with Gasteiger partial charge in [-0.3, -0.25) is 14.9 Å². The Bertz CT molecular complexity index is 1510. The van der Waals surface area contributed by atoms with E-state index in [1.54, 1.807) is 16.4 Å². The van der Waals surface area contributed by atoms with Crippen molar-refractivity contribution < 1.29 is 0 Å². The SMILES string of the molecule is CC(=Nc1ccc(C)cc1)c1c(CSc2ccc(C)cc2)[nH]n(-c2nc3ccccc3s2)c1=O. The van der Waals surface area contributed by atoms with E-state index in [-0.39, 0.29) is 5.56 Å². The molecule has 0 saturated heterocycles. The molecule has 0 spiro atoms. The van der Waals surface area contributed by atoms with Crippen molar-refractivity contribution in [1.29, 1.82) is 0 Å². The molecule has 5 aromatic rings. The molecular formula is C27H24N4OS2. The van der Waals surface area contributed by atoms with Crippen molar-refractivity contribution >= 4 is 44.7 Å². The molecule has 5 rings (SSSR count). The molecule has 0 amide bonds. The van der Waals surface area contributed by atoms with Gasteiger partial charge in [-0.05, 0) is 57.2 Å². The number of nitrogens with one attached hydrogen (secondary N) is 1. The Morgan fingerprint density at radius 2 is 1.68 bits per heavy atom. The average Bonchev–Trinajstić information content (AvgIpc) is 3.41. The molecule has 34 heavy (non-hydrogen) atoms. The number of rotatable bonds is 6. The lowest BCUT2D eigenvalue weighted by Crippen LogP contribution is -2.19. The number of thioether (sulfide) groups is 1. The summed E-state index contributed by atoms with van der Waals surface area (Å²) in [5, 5.41) is 3.96. The number of aromatic amines is 1. The van der Waals surface area contributed by atoms with Gasteiger partial charge in [0.05, 0.1) is 32.9 Å². The van der Waals surface area contributed by atoms with Gasteiger partial charge < -0.3 is 0 Å². The summed E-state index contributed by atoms with van der Waals surface area (Å²) in [6.45, 7) is 6.02. The number of hydrogen-bond acceptors (Lipinski definition) is 5. The first-order valence-corrected chi connectivity index (χ1v) is 12.8. The summed E-state index contributed by atoms with van der Waals surface area (Å²) in [6, 6.07) is 24.3. The zero-order chi connectivity index (χ0) is 23.7. The number of fused-ring (bicyclic) bond motifs is 1. The van der Waals surface area contributed by atoms with Gasteiger partial charge >= 0.3 is 0 Å². The second-order valence-electron chi connectivity index (χ2n) is 8.20. The molecule has 0 aliphatic rings. The third-order valence-corrected chi connectivity index (χ3v) is 7.60. The van der Waals surface area contributed by atoms with Crippen molar-refractivity contribution in [2.45, 2.75) is 31.4 Å². The molecular weight excluding hydrogens is 460 g/mol. The summed E-state index contributed by atoms with van der Waals surface area (Å²) in [6.07, 6.45) is 0. The first kappa shape index (κ1) is 22.4. The lowest BCUT2D eigenvalue weighted by molar-refractivity contribution is 0.827. The molecule has 2 aromatic heterocycles. The minimum Gasteiger partial charge on any atom is -0.291 e. The van der Waals surface area contributed by atoms with Crippen LogP contribution < -0.4 is 5.56 Å². The maximum Gasteiger partial charge on any atom is 0.282 e. The number of benzene rings is 3. The van der Waals surface area contributed by atoms with E-state index in [1.165, 1.54) is 22.5 Å². The third kappa shape index (κ3) is 4.62. The van der Waals surface area contributed by atoms with E-state index in [4.69, 9.17) is 4.99 Å². The summed E-state index contributed by atoms with van der Waals surface area (Å²) in [5.41, 5.74) is 6.09. The van der Waals surface area contributed by atoms with Gasteiger partial charge in [0.15, 0.2) is 0 Å². The van der Waals surface area contributed by atoms with Crippen LogP contribution >= 0.6 is 23.1 Å². The molecule has 3 aromatic carbocycles. The fourth-order valence-corrected chi connectivity index (χ4v) is 5.48. The quantitative estimate of drug-likeness (QED) is 0.212. The van der Waals surface area contributed by atoms with E-state index in [2.05, 4.69) is 41.3 Å². The normalized spacial score (nSPS) is 11.9. The summed E-state index contributed by atoms with van der Waals surface area (Å²) in [5.74, 6) is 0.617. The van der Waals surface area contributed by atoms with Gasteiger partial charge in [0, 0.05) is 10.6 Å². The van der Waals surface area contributed by atoms with Gasteiger partial charge in [-0.15, -0.1) is 11.8 Å². The molecule has 0 bridgehead atoms. The molecule has 1 N–H and O–H groups in total. The number of hydrogen-bond donors (Lipinski definition) is 1. The smallest absolute Gasteiger partial charge is 0.282 e. The van der Waals surface area contributed by atoms with Crippen LogP contribution in [0.4, 0.5) is 5.69 Å². The lowest BCUT2D eigenvalue weighted by Gasteiger charge is -2.04. The molecule has 0 unspecified atom stereocenters.